The van der Waals surface area contributed by atoms with Crippen LogP contribution in [0.1, 0.15) is 18.4 Å². The molecular formula is C19H18N2O3S. The molecule has 0 saturated carbocycles. The van der Waals surface area contributed by atoms with Gasteiger partial charge in [-0.3, -0.25) is 14.5 Å². The average molecular weight is 354 g/mol. The van der Waals surface area contributed by atoms with E-state index < -0.39 is 4.87 Å². The summed E-state index contributed by atoms with van der Waals surface area (Å²) in [6.07, 6.45) is 0.909. The highest BCUT2D eigenvalue weighted by atomic mass is 32.2. The zero-order chi connectivity index (χ0) is 17.4. The molecule has 0 aliphatic carbocycles. The summed E-state index contributed by atoms with van der Waals surface area (Å²) in [5.74, 6) is 0.609. The lowest BCUT2D eigenvalue weighted by molar-refractivity contribution is -0.124. The van der Waals surface area contributed by atoms with Crippen LogP contribution in [-0.4, -0.2) is 23.8 Å². The van der Waals surface area contributed by atoms with Gasteiger partial charge in [0.2, 0.25) is 5.91 Å². The normalized spacial score (nSPS) is 21.0. The van der Waals surface area contributed by atoms with Crippen LogP contribution < -0.4 is 15.0 Å². The maximum Gasteiger partial charge on any atom is 0.257 e. The summed E-state index contributed by atoms with van der Waals surface area (Å²) in [7, 11) is 1.61. The number of ether oxygens (including phenoxy) is 1. The molecule has 2 heterocycles. The lowest BCUT2D eigenvalue weighted by atomic mass is 10.1. The summed E-state index contributed by atoms with van der Waals surface area (Å²) < 4.78 is 5.33. The van der Waals surface area contributed by atoms with E-state index in [2.05, 4.69) is 5.32 Å². The Morgan fingerprint density at radius 1 is 1.24 bits per heavy atom. The van der Waals surface area contributed by atoms with Crippen molar-refractivity contribution < 1.29 is 14.3 Å². The van der Waals surface area contributed by atoms with Gasteiger partial charge in [-0.25, -0.2) is 0 Å². The lowest BCUT2D eigenvalue weighted by Crippen LogP contribution is -2.52. The van der Waals surface area contributed by atoms with Crippen molar-refractivity contribution in [1.29, 1.82) is 0 Å². The maximum absolute atomic E-state index is 13.1. The second-order valence-corrected chi connectivity index (χ2v) is 7.40. The number of thioether (sulfide) groups is 1. The summed E-state index contributed by atoms with van der Waals surface area (Å²) in [5.41, 5.74) is 1.74. The van der Waals surface area contributed by atoms with Gasteiger partial charge in [-0.05, 0) is 24.6 Å². The molecule has 2 aromatic rings. The van der Waals surface area contributed by atoms with E-state index in [1.54, 1.807) is 12.0 Å². The molecule has 0 radical (unpaired) electrons. The molecule has 2 amide bonds. The Balaban J connectivity index is 1.59. The molecule has 25 heavy (non-hydrogen) atoms. The number of anilines is 1. The molecule has 0 aromatic heterocycles. The van der Waals surface area contributed by atoms with Crippen LogP contribution in [0.4, 0.5) is 5.69 Å². The lowest BCUT2D eigenvalue weighted by Gasteiger charge is -2.29. The zero-order valence-corrected chi connectivity index (χ0v) is 14.6. The molecule has 2 aliphatic heterocycles. The van der Waals surface area contributed by atoms with Gasteiger partial charge in [0.15, 0.2) is 4.87 Å². The Bertz CT molecular complexity index is 854. The third-order valence-electron chi connectivity index (χ3n) is 4.66. The monoisotopic (exact) mass is 354 g/mol. The van der Waals surface area contributed by atoms with Gasteiger partial charge >= 0.3 is 0 Å². The molecule has 128 valence electrons. The highest BCUT2D eigenvalue weighted by Crippen LogP contribution is 2.55. The molecular weight excluding hydrogens is 336 g/mol. The van der Waals surface area contributed by atoms with Crippen LogP contribution in [0, 0.1) is 0 Å². The van der Waals surface area contributed by atoms with Crippen LogP contribution in [0.3, 0.4) is 0 Å². The third-order valence-corrected chi connectivity index (χ3v) is 6.13. The second-order valence-electron chi connectivity index (χ2n) is 6.08. The van der Waals surface area contributed by atoms with Gasteiger partial charge in [-0.1, -0.05) is 42.1 Å². The second kappa shape index (κ2) is 6.11. The topological polar surface area (TPSA) is 58.6 Å². The fraction of sp³-hybridized carbons (Fsp3) is 0.263. The van der Waals surface area contributed by atoms with Gasteiger partial charge in [0.1, 0.15) is 5.75 Å². The van der Waals surface area contributed by atoms with E-state index in [1.165, 1.54) is 11.8 Å². The Kier molecular flexibility index (Phi) is 3.92. The summed E-state index contributed by atoms with van der Waals surface area (Å²) in [5, 5.41) is 3.00. The number of para-hydroxylation sites is 2. The summed E-state index contributed by atoms with van der Waals surface area (Å²) >= 11 is 1.47. The van der Waals surface area contributed by atoms with Crippen molar-refractivity contribution in [3.8, 4) is 5.75 Å². The predicted octanol–water partition coefficient (Wildman–Crippen LogP) is 2.94. The number of amides is 2. The van der Waals surface area contributed by atoms with E-state index in [0.29, 0.717) is 19.4 Å². The van der Waals surface area contributed by atoms with Crippen molar-refractivity contribution in [2.24, 2.45) is 0 Å². The molecule has 1 atom stereocenters. The van der Waals surface area contributed by atoms with E-state index >= 15 is 0 Å². The van der Waals surface area contributed by atoms with Gasteiger partial charge in [0, 0.05) is 23.4 Å². The minimum absolute atomic E-state index is 0.00453. The fourth-order valence-electron chi connectivity index (χ4n) is 3.46. The Hall–Kier alpha value is -2.47. The molecule has 4 rings (SSSR count). The minimum Gasteiger partial charge on any atom is -0.496 e. The van der Waals surface area contributed by atoms with E-state index in [4.69, 9.17) is 4.74 Å². The Morgan fingerprint density at radius 3 is 2.84 bits per heavy atom. The quantitative estimate of drug-likeness (QED) is 0.917. The molecule has 1 fully saturated rings. The number of nitrogens with zero attached hydrogens (tertiary/aromatic N) is 1. The molecule has 0 bridgehead atoms. The first-order valence-electron chi connectivity index (χ1n) is 8.17. The van der Waals surface area contributed by atoms with Gasteiger partial charge < -0.3 is 10.1 Å². The van der Waals surface area contributed by atoms with Crippen molar-refractivity contribution in [2.45, 2.75) is 29.2 Å². The number of methoxy groups -OCH3 is 1. The molecule has 2 aliphatic rings. The van der Waals surface area contributed by atoms with Crippen LogP contribution in [0.2, 0.25) is 0 Å². The Morgan fingerprint density at radius 2 is 2.00 bits per heavy atom. The highest BCUT2D eigenvalue weighted by molar-refractivity contribution is 8.02. The first-order valence-corrected chi connectivity index (χ1v) is 8.99. The van der Waals surface area contributed by atoms with E-state index in [1.807, 2.05) is 48.5 Å². The molecule has 1 N–H and O–H groups in total. The molecule has 1 saturated heterocycles. The average Bonchev–Trinajstić information content (AvgIpc) is 3.16. The van der Waals surface area contributed by atoms with E-state index in [-0.39, 0.29) is 11.8 Å². The molecule has 0 spiro atoms. The van der Waals surface area contributed by atoms with Crippen molar-refractivity contribution in [2.75, 3.05) is 12.0 Å². The smallest absolute Gasteiger partial charge is 0.257 e. The van der Waals surface area contributed by atoms with Crippen LogP contribution in [0.15, 0.2) is 53.4 Å². The minimum atomic E-state index is -0.872. The van der Waals surface area contributed by atoms with Crippen LogP contribution in [0.5, 0.6) is 5.75 Å². The highest BCUT2D eigenvalue weighted by Gasteiger charge is 2.57. The standard InChI is InChI=1S/C19H18N2O3S/c1-24-15-8-4-2-6-13(15)12-20-18(23)19-11-10-17(22)21(19)14-7-3-5-9-16(14)25-19/h2-9H,10-12H2,1H3,(H,20,23). The van der Waals surface area contributed by atoms with Crippen LogP contribution >= 0.6 is 11.8 Å². The number of rotatable bonds is 4. The number of hydrogen-bond acceptors (Lipinski definition) is 4. The van der Waals surface area contributed by atoms with Crippen LogP contribution in [-0.2, 0) is 16.1 Å². The Labute approximate surface area is 150 Å². The van der Waals surface area contributed by atoms with E-state index in [9.17, 15) is 9.59 Å². The summed E-state index contributed by atoms with van der Waals surface area (Å²) in [6.45, 7) is 0.365. The maximum atomic E-state index is 13.1. The number of fused-ring (bicyclic) bond motifs is 3. The van der Waals surface area contributed by atoms with Gasteiger partial charge in [-0.15, -0.1) is 0 Å². The van der Waals surface area contributed by atoms with Crippen molar-refractivity contribution in [3.63, 3.8) is 0 Å². The number of carbonyl (C=O) groups is 2. The third kappa shape index (κ3) is 2.48. The van der Waals surface area contributed by atoms with Gasteiger partial charge in [-0.2, -0.15) is 0 Å². The molecule has 5 nitrogen and oxygen atoms in total. The molecule has 1 unspecified atom stereocenters. The predicted molar refractivity (Wildman–Crippen MR) is 96.6 cm³/mol. The first-order chi connectivity index (χ1) is 12.2. The van der Waals surface area contributed by atoms with E-state index in [0.717, 1.165) is 21.9 Å². The molecule has 6 heteroatoms. The summed E-state index contributed by atoms with van der Waals surface area (Å²) in [4.78, 5) is 27.3. The van der Waals surface area contributed by atoms with Gasteiger partial charge in [0.05, 0.1) is 12.8 Å². The van der Waals surface area contributed by atoms with Gasteiger partial charge in [0.25, 0.3) is 5.91 Å². The number of carbonyl (C=O) groups excluding carboxylic acids is 2. The molecule has 2 aromatic carbocycles. The number of nitrogens with one attached hydrogen (secondary N) is 1. The van der Waals surface area contributed by atoms with Crippen molar-refractivity contribution in [3.05, 3.63) is 54.1 Å². The fourth-order valence-corrected chi connectivity index (χ4v) is 4.90. The van der Waals surface area contributed by atoms with Crippen molar-refractivity contribution in [1.82, 2.24) is 5.32 Å². The van der Waals surface area contributed by atoms with Crippen molar-refractivity contribution >= 4 is 29.3 Å². The van der Waals surface area contributed by atoms with Crippen LogP contribution in [0.25, 0.3) is 0 Å². The zero-order valence-electron chi connectivity index (χ0n) is 13.8. The SMILES string of the molecule is COc1ccccc1CNC(=O)C12CCC(=O)N1c1ccccc1S2. The summed E-state index contributed by atoms with van der Waals surface area (Å²) in [6, 6.07) is 15.3. The number of benzene rings is 2. The largest absolute Gasteiger partial charge is 0.496 e. The first kappa shape index (κ1) is 16.0. The number of hydrogen-bond donors (Lipinski definition) is 1.